The molecule has 108 valence electrons. The average molecular weight is 292 g/mol. The number of rotatable bonds is 4. The first-order valence-corrected chi connectivity index (χ1v) is 8.86. The molecule has 0 aromatic heterocycles. The Balaban J connectivity index is 1.92. The third kappa shape index (κ3) is 4.06. The number of sulfone groups is 1. The summed E-state index contributed by atoms with van der Waals surface area (Å²) in [5, 5.41) is 12.1. The van der Waals surface area contributed by atoms with Crippen molar-refractivity contribution >= 4 is 9.84 Å². The topological polar surface area (TPSA) is 70.0 Å². The first-order chi connectivity index (χ1) is 9.49. The predicted molar refractivity (Wildman–Crippen MR) is 78.9 cm³/mol. The molecule has 0 bridgehead atoms. The van der Waals surface area contributed by atoms with Gasteiger partial charge in [-0.1, -0.05) is 18.6 Å². The van der Waals surface area contributed by atoms with Gasteiger partial charge in [0.1, 0.15) is 9.84 Å². The number of benzene rings is 1. The summed E-state index contributed by atoms with van der Waals surface area (Å²) in [6.45, 7) is 0.677. The Morgan fingerprint density at radius 2 is 2.20 bits per heavy atom. The molecular formula is C15H20N2O2S. The Hall–Kier alpha value is -1.38. The van der Waals surface area contributed by atoms with E-state index in [1.807, 2.05) is 18.2 Å². The number of nitriles is 1. The highest BCUT2D eigenvalue weighted by Crippen LogP contribution is 2.24. The number of nitrogens with zero attached hydrogens (tertiary/aromatic N) is 1. The fraction of sp³-hybridized carbons (Fsp3) is 0.533. The van der Waals surface area contributed by atoms with Crippen molar-refractivity contribution in [3.05, 3.63) is 35.4 Å². The minimum absolute atomic E-state index is 0.209. The lowest BCUT2D eigenvalue weighted by Gasteiger charge is -2.28. The van der Waals surface area contributed by atoms with Gasteiger partial charge < -0.3 is 5.32 Å². The summed E-state index contributed by atoms with van der Waals surface area (Å²) < 4.78 is 23.3. The van der Waals surface area contributed by atoms with Crippen molar-refractivity contribution < 1.29 is 8.42 Å². The molecule has 1 saturated carbocycles. The highest BCUT2D eigenvalue weighted by atomic mass is 32.2. The van der Waals surface area contributed by atoms with Crippen LogP contribution in [0.1, 0.15) is 36.8 Å². The molecule has 20 heavy (non-hydrogen) atoms. The molecular weight excluding hydrogens is 272 g/mol. The molecule has 0 radical (unpaired) electrons. The Morgan fingerprint density at radius 3 is 2.90 bits per heavy atom. The van der Waals surface area contributed by atoms with Crippen molar-refractivity contribution in [1.82, 2.24) is 5.32 Å². The molecule has 1 aliphatic rings. The molecule has 4 nitrogen and oxygen atoms in total. The van der Waals surface area contributed by atoms with E-state index in [2.05, 4.69) is 11.4 Å². The second-order valence-electron chi connectivity index (χ2n) is 5.51. The van der Waals surface area contributed by atoms with Gasteiger partial charge in [-0.05, 0) is 37.0 Å². The van der Waals surface area contributed by atoms with Gasteiger partial charge in [0.15, 0.2) is 0 Å². The van der Waals surface area contributed by atoms with E-state index < -0.39 is 9.84 Å². The van der Waals surface area contributed by atoms with Crippen LogP contribution in [0.3, 0.4) is 0 Å². The first kappa shape index (κ1) is 15.0. The lowest BCUT2D eigenvalue weighted by molar-refractivity contribution is 0.371. The monoisotopic (exact) mass is 292 g/mol. The zero-order valence-corrected chi connectivity index (χ0v) is 12.5. The van der Waals surface area contributed by atoms with Crippen LogP contribution in [0, 0.1) is 11.3 Å². The highest BCUT2D eigenvalue weighted by Gasteiger charge is 2.28. The van der Waals surface area contributed by atoms with Gasteiger partial charge in [0.25, 0.3) is 0 Å². The zero-order chi connectivity index (χ0) is 14.6. The Labute approximate surface area is 120 Å². The van der Waals surface area contributed by atoms with E-state index in [1.54, 1.807) is 6.07 Å². The molecule has 0 heterocycles. The van der Waals surface area contributed by atoms with E-state index in [4.69, 9.17) is 5.26 Å². The maximum absolute atomic E-state index is 11.6. The molecule has 5 heteroatoms. The molecule has 1 aromatic carbocycles. The van der Waals surface area contributed by atoms with Crippen molar-refractivity contribution in [2.45, 2.75) is 43.5 Å². The summed E-state index contributed by atoms with van der Waals surface area (Å²) in [5.41, 5.74) is 1.72. The zero-order valence-electron chi connectivity index (χ0n) is 11.7. The smallest absolute Gasteiger partial charge is 0.150 e. The number of hydrogen-bond acceptors (Lipinski definition) is 4. The van der Waals surface area contributed by atoms with E-state index in [1.165, 1.54) is 6.26 Å². The summed E-state index contributed by atoms with van der Waals surface area (Å²) in [4.78, 5) is 0. The van der Waals surface area contributed by atoms with Crippen molar-refractivity contribution in [2.75, 3.05) is 6.26 Å². The van der Waals surface area contributed by atoms with E-state index in [0.717, 1.165) is 24.8 Å². The van der Waals surface area contributed by atoms with Gasteiger partial charge in [0.05, 0.1) is 16.9 Å². The van der Waals surface area contributed by atoms with Crippen molar-refractivity contribution in [1.29, 1.82) is 5.26 Å². The molecule has 1 fully saturated rings. The average Bonchev–Trinajstić information content (AvgIpc) is 2.45. The van der Waals surface area contributed by atoms with Gasteiger partial charge in [-0.15, -0.1) is 0 Å². The molecule has 0 aliphatic heterocycles. The van der Waals surface area contributed by atoms with Gasteiger partial charge in [-0.3, -0.25) is 0 Å². The SMILES string of the molecule is CS(=O)(=O)C1CCCC(NCc2cccc(C#N)c2)C1. The standard InChI is InChI=1S/C15H20N2O2S/c1-20(18,19)15-7-3-6-14(9-15)17-11-13-5-2-4-12(8-13)10-16/h2,4-5,8,14-15,17H,3,6-7,9,11H2,1H3. The fourth-order valence-corrected chi connectivity index (χ4v) is 3.91. The maximum Gasteiger partial charge on any atom is 0.150 e. The summed E-state index contributed by atoms with van der Waals surface area (Å²) in [7, 11) is -2.94. The molecule has 0 spiro atoms. The van der Waals surface area contributed by atoms with Crippen LogP contribution in [0.15, 0.2) is 24.3 Å². The summed E-state index contributed by atoms with van der Waals surface area (Å²) in [5.74, 6) is 0. The molecule has 2 unspecified atom stereocenters. The summed E-state index contributed by atoms with van der Waals surface area (Å²) >= 11 is 0. The predicted octanol–water partition coefficient (Wildman–Crippen LogP) is 2.00. The molecule has 2 atom stereocenters. The largest absolute Gasteiger partial charge is 0.310 e. The van der Waals surface area contributed by atoms with Gasteiger partial charge in [0, 0.05) is 18.8 Å². The lowest BCUT2D eigenvalue weighted by Crippen LogP contribution is -2.38. The van der Waals surface area contributed by atoms with Crippen LogP contribution >= 0.6 is 0 Å². The van der Waals surface area contributed by atoms with Crippen LogP contribution in [0.25, 0.3) is 0 Å². The number of nitrogens with one attached hydrogen (secondary N) is 1. The van der Waals surface area contributed by atoms with Gasteiger partial charge in [0.2, 0.25) is 0 Å². The van der Waals surface area contributed by atoms with Crippen molar-refractivity contribution in [3.8, 4) is 6.07 Å². The Kier molecular flexibility index (Phi) is 4.79. The van der Waals surface area contributed by atoms with Gasteiger partial charge in [-0.2, -0.15) is 5.26 Å². The molecule has 0 saturated heterocycles. The van der Waals surface area contributed by atoms with Crippen LogP contribution in [0.2, 0.25) is 0 Å². The molecule has 2 rings (SSSR count). The lowest BCUT2D eigenvalue weighted by atomic mass is 9.95. The quantitative estimate of drug-likeness (QED) is 0.921. The van der Waals surface area contributed by atoms with Crippen LogP contribution in [-0.4, -0.2) is 26.0 Å². The third-order valence-corrected chi connectivity index (χ3v) is 5.52. The van der Waals surface area contributed by atoms with Crippen LogP contribution in [-0.2, 0) is 16.4 Å². The second kappa shape index (κ2) is 6.38. The van der Waals surface area contributed by atoms with Crippen LogP contribution in [0.5, 0.6) is 0 Å². The van der Waals surface area contributed by atoms with E-state index in [0.29, 0.717) is 18.5 Å². The molecule has 1 aromatic rings. The molecule has 1 aliphatic carbocycles. The third-order valence-electron chi connectivity index (χ3n) is 3.88. The molecule has 1 N–H and O–H groups in total. The van der Waals surface area contributed by atoms with Crippen LogP contribution < -0.4 is 5.32 Å². The van der Waals surface area contributed by atoms with E-state index in [-0.39, 0.29) is 11.3 Å². The summed E-state index contributed by atoms with van der Waals surface area (Å²) in [6, 6.07) is 9.86. The van der Waals surface area contributed by atoms with Gasteiger partial charge >= 0.3 is 0 Å². The molecule has 0 amide bonds. The minimum atomic E-state index is -2.94. The van der Waals surface area contributed by atoms with E-state index >= 15 is 0 Å². The van der Waals surface area contributed by atoms with Crippen molar-refractivity contribution in [2.24, 2.45) is 0 Å². The highest BCUT2D eigenvalue weighted by molar-refractivity contribution is 7.91. The summed E-state index contributed by atoms with van der Waals surface area (Å²) in [6.07, 6.45) is 4.77. The normalized spacial score (nSPS) is 23.2. The maximum atomic E-state index is 11.6. The Bertz CT molecular complexity index is 605. The fourth-order valence-electron chi connectivity index (χ4n) is 2.73. The number of hydrogen-bond donors (Lipinski definition) is 1. The van der Waals surface area contributed by atoms with E-state index in [9.17, 15) is 8.42 Å². The Morgan fingerprint density at radius 1 is 1.40 bits per heavy atom. The minimum Gasteiger partial charge on any atom is -0.310 e. The first-order valence-electron chi connectivity index (χ1n) is 6.90. The van der Waals surface area contributed by atoms with Crippen molar-refractivity contribution in [3.63, 3.8) is 0 Å². The van der Waals surface area contributed by atoms with Gasteiger partial charge in [-0.25, -0.2) is 8.42 Å². The second-order valence-corrected chi connectivity index (χ2v) is 7.83. The van der Waals surface area contributed by atoms with Crippen LogP contribution in [0.4, 0.5) is 0 Å².